The summed E-state index contributed by atoms with van der Waals surface area (Å²) < 4.78 is 5.92. The van der Waals surface area contributed by atoms with Gasteiger partial charge >= 0.3 is 0 Å². The van der Waals surface area contributed by atoms with Crippen LogP contribution >= 0.6 is 0 Å². The third-order valence-electron chi connectivity index (χ3n) is 5.30. The number of amides is 1. The van der Waals surface area contributed by atoms with E-state index in [0.717, 1.165) is 35.7 Å². The van der Waals surface area contributed by atoms with Gasteiger partial charge in [0.15, 0.2) is 0 Å². The topological polar surface area (TPSA) is 53.7 Å². The number of hydrogen-bond acceptors (Lipinski definition) is 3. The molecule has 2 unspecified atom stereocenters. The molecule has 4 rings (SSSR count). The van der Waals surface area contributed by atoms with Crippen molar-refractivity contribution < 1.29 is 14.3 Å². The predicted octanol–water partition coefficient (Wildman–Crippen LogP) is 3.75. The van der Waals surface area contributed by atoms with Crippen LogP contribution in [0.5, 0.6) is 0 Å². The van der Waals surface area contributed by atoms with Crippen molar-refractivity contribution in [2.45, 2.75) is 32.3 Å². The summed E-state index contributed by atoms with van der Waals surface area (Å²) in [5.74, 6) is 0.960. The lowest BCUT2D eigenvalue weighted by molar-refractivity contribution is -0.133. The van der Waals surface area contributed by atoms with Gasteiger partial charge in [0.1, 0.15) is 11.3 Å². The number of furan rings is 1. The number of nitrogens with zero attached hydrogens (tertiary/aromatic N) is 1. The SMILES string of the molecule is CC(O)C1CCCN(C(=O)Cc2cc3c(ccc4ccccc43)o2)C1. The predicted molar refractivity (Wildman–Crippen MR) is 98.4 cm³/mol. The molecule has 0 radical (unpaired) electrons. The largest absolute Gasteiger partial charge is 0.461 e. The molecule has 2 atom stereocenters. The Bertz CT molecular complexity index is 912. The molecule has 1 fully saturated rings. The van der Waals surface area contributed by atoms with E-state index in [2.05, 4.69) is 12.1 Å². The highest BCUT2D eigenvalue weighted by atomic mass is 16.3. The minimum absolute atomic E-state index is 0.0775. The number of carbonyl (C=O) groups is 1. The van der Waals surface area contributed by atoms with E-state index in [-0.39, 0.29) is 24.3 Å². The van der Waals surface area contributed by atoms with Gasteiger partial charge in [0.2, 0.25) is 5.91 Å². The highest BCUT2D eigenvalue weighted by Gasteiger charge is 2.27. The number of carbonyl (C=O) groups excluding carboxylic acids is 1. The molecule has 2 aromatic carbocycles. The zero-order valence-corrected chi connectivity index (χ0v) is 14.4. The van der Waals surface area contributed by atoms with Gasteiger partial charge in [-0.2, -0.15) is 0 Å². The quantitative estimate of drug-likeness (QED) is 0.792. The molecule has 1 saturated heterocycles. The Kier molecular flexibility index (Phi) is 4.22. The van der Waals surface area contributed by atoms with E-state index in [1.807, 2.05) is 42.2 Å². The van der Waals surface area contributed by atoms with E-state index in [9.17, 15) is 9.90 Å². The van der Waals surface area contributed by atoms with Crippen LogP contribution < -0.4 is 0 Å². The first-order valence-corrected chi connectivity index (χ1v) is 8.98. The van der Waals surface area contributed by atoms with Gasteiger partial charge < -0.3 is 14.4 Å². The molecule has 1 N–H and O–H groups in total. The molecule has 0 bridgehead atoms. The number of hydrogen-bond donors (Lipinski definition) is 1. The molecule has 4 nitrogen and oxygen atoms in total. The molecular weight excluding hydrogens is 314 g/mol. The second-order valence-electron chi connectivity index (χ2n) is 7.07. The Morgan fingerprint density at radius 1 is 1.28 bits per heavy atom. The van der Waals surface area contributed by atoms with Gasteiger partial charge in [-0.15, -0.1) is 0 Å². The summed E-state index contributed by atoms with van der Waals surface area (Å²) in [5, 5.41) is 13.2. The van der Waals surface area contributed by atoms with E-state index in [1.54, 1.807) is 0 Å². The van der Waals surface area contributed by atoms with Crippen molar-refractivity contribution in [1.29, 1.82) is 0 Å². The van der Waals surface area contributed by atoms with Gasteiger partial charge in [0, 0.05) is 24.4 Å². The number of aliphatic hydroxyl groups excluding tert-OH is 1. The lowest BCUT2D eigenvalue weighted by Crippen LogP contribution is -2.43. The maximum Gasteiger partial charge on any atom is 0.230 e. The maximum atomic E-state index is 12.7. The van der Waals surface area contributed by atoms with Gasteiger partial charge in [-0.25, -0.2) is 0 Å². The molecule has 0 saturated carbocycles. The zero-order chi connectivity index (χ0) is 17.4. The van der Waals surface area contributed by atoms with Crippen molar-refractivity contribution in [2.75, 3.05) is 13.1 Å². The van der Waals surface area contributed by atoms with Crippen LogP contribution in [0.15, 0.2) is 46.9 Å². The number of likely N-dealkylation sites (tertiary alicyclic amines) is 1. The summed E-state index contributed by atoms with van der Waals surface area (Å²) in [7, 11) is 0. The van der Waals surface area contributed by atoms with Crippen LogP contribution in [-0.4, -0.2) is 35.1 Å². The smallest absolute Gasteiger partial charge is 0.230 e. The summed E-state index contributed by atoms with van der Waals surface area (Å²) in [6, 6.07) is 14.2. The van der Waals surface area contributed by atoms with Crippen LogP contribution in [0.4, 0.5) is 0 Å². The van der Waals surface area contributed by atoms with Crippen molar-refractivity contribution >= 4 is 27.6 Å². The second kappa shape index (κ2) is 6.52. The van der Waals surface area contributed by atoms with Gasteiger partial charge in [-0.1, -0.05) is 30.3 Å². The minimum atomic E-state index is -0.367. The first-order chi connectivity index (χ1) is 12.1. The van der Waals surface area contributed by atoms with Crippen LogP contribution in [-0.2, 0) is 11.2 Å². The average molecular weight is 337 g/mol. The fraction of sp³-hybridized carbons (Fsp3) is 0.381. The highest BCUT2D eigenvalue weighted by molar-refractivity contribution is 6.06. The van der Waals surface area contributed by atoms with Gasteiger partial charge in [0.25, 0.3) is 0 Å². The maximum absolute atomic E-state index is 12.7. The molecular formula is C21H23NO3. The Labute approximate surface area is 147 Å². The average Bonchev–Trinajstić information content (AvgIpc) is 3.04. The molecule has 0 aliphatic carbocycles. The number of piperidine rings is 1. The van der Waals surface area contributed by atoms with E-state index in [4.69, 9.17) is 4.42 Å². The van der Waals surface area contributed by atoms with Crippen LogP contribution in [0.3, 0.4) is 0 Å². The van der Waals surface area contributed by atoms with Crippen LogP contribution in [0.25, 0.3) is 21.7 Å². The molecule has 25 heavy (non-hydrogen) atoms. The van der Waals surface area contributed by atoms with Crippen molar-refractivity contribution in [3.63, 3.8) is 0 Å². The molecule has 1 aliphatic rings. The summed E-state index contributed by atoms with van der Waals surface area (Å²) in [5.41, 5.74) is 0.821. The summed E-state index contributed by atoms with van der Waals surface area (Å²) in [4.78, 5) is 14.5. The lowest BCUT2D eigenvalue weighted by Gasteiger charge is -2.34. The third kappa shape index (κ3) is 3.14. The first-order valence-electron chi connectivity index (χ1n) is 8.98. The monoisotopic (exact) mass is 337 g/mol. The zero-order valence-electron chi connectivity index (χ0n) is 14.4. The van der Waals surface area contributed by atoms with E-state index < -0.39 is 0 Å². The first kappa shape index (κ1) is 16.2. The minimum Gasteiger partial charge on any atom is -0.461 e. The van der Waals surface area contributed by atoms with Crippen LogP contribution in [0.1, 0.15) is 25.5 Å². The molecule has 3 aromatic rings. The van der Waals surface area contributed by atoms with Crippen LogP contribution in [0.2, 0.25) is 0 Å². The van der Waals surface area contributed by atoms with Crippen LogP contribution in [0, 0.1) is 5.92 Å². The molecule has 130 valence electrons. The van der Waals surface area contributed by atoms with Gasteiger partial charge in [-0.05, 0) is 42.7 Å². The molecule has 4 heteroatoms. The summed E-state index contributed by atoms with van der Waals surface area (Å²) in [6.07, 6.45) is 1.84. The number of benzene rings is 2. The Morgan fingerprint density at radius 2 is 2.12 bits per heavy atom. The highest BCUT2D eigenvalue weighted by Crippen LogP contribution is 2.29. The fourth-order valence-electron chi connectivity index (χ4n) is 3.82. The molecule has 1 aliphatic heterocycles. The molecule has 2 heterocycles. The molecule has 0 spiro atoms. The number of rotatable bonds is 3. The Morgan fingerprint density at radius 3 is 2.96 bits per heavy atom. The van der Waals surface area contributed by atoms with Crippen molar-refractivity contribution in [1.82, 2.24) is 4.90 Å². The second-order valence-corrected chi connectivity index (χ2v) is 7.07. The van der Waals surface area contributed by atoms with E-state index >= 15 is 0 Å². The van der Waals surface area contributed by atoms with E-state index in [0.29, 0.717) is 12.3 Å². The fourth-order valence-corrected chi connectivity index (χ4v) is 3.82. The standard InChI is InChI=1S/C21H23NO3/c1-14(23)16-6-4-10-22(13-16)21(24)12-17-11-19-18-7-3-2-5-15(18)8-9-20(19)25-17/h2-3,5,7-9,11,14,16,23H,4,6,10,12-13H2,1H3. The van der Waals surface area contributed by atoms with Crippen molar-refractivity contribution in [3.05, 3.63) is 48.2 Å². The van der Waals surface area contributed by atoms with Crippen molar-refractivity contribution in [3.8, 4) is 0 Å². The number of fused-ring (bicyclic) bond motifs is 3. The normalized spacial score (nSPS) is 19.4. The van der Waals surface area contributed by atoms with E-state index in [1.165, 1.54) is 5.39 Å². The summed E-state index contributed by atoms with van der Waals surface area (Å²) in [6.45, 7) is 3.22. The molecule has 1 aromatic heterocycles. The van der Waals surface area contributed by atoms with Gasteiger partial charge in [0.05, 0.1) is 12.5 Å². The Balaban J connectivity index is 1.56. The Hall–Kier alpha value is -2.33. The van der Waals surface area contributed by atoms with Gasteiger partial charge in [-0.3, -0.25) is 4.79 Å². The number of aliphatic hydroxyl groups is 1. The third-order valence-corrected chi connectivity index (χ3v) is 5.30. The molecule has 1 amide bonds. The van der Waals surface area contributed by atoms with Crippen molar-refractivity contribution in [2.24, 2.45) is 5.92 Å². The summed E-state index contributed by atoms with van der Waals surface area (Å²) >= 11 is 0. The lowest BCUT2D eigenvalue weighted by atomic mass is 9.93.